The largest absolute Gasteiger partial charge is 0.466 e. The Balaban J connectivity index is 1.90. The molecule has 0 spiro atoms. The van der Waals surface area contributed by atoms with Crippen molar-refractivity contribution in [3.8, 4) is 0 Å². The van der Waals surface area contributed by atoms with E-state index in [0.29, 0.717) is 13.2 Å². The first-order chi connectivity index (χ1) is 10.6. The molecule has 1 aliphatic heterocycles. The SMILES string of the molecule is CCOC(=O)CCNC(=O)N1CCC[C@@H]1c1cccc(F)c1. The molecule has 2 amide bonds. The average Bonchev–Trinajstić information content (AvgIpc) is 2.97. The van der Waals surface area contributed by atoms with Gasteiger partial charge in [0.05, 0.1) is 19.1 Å². The Labute approximate surface area is 129 Å². The Morgan fingerprint density at radius 2 is 2.27 bits per heavy atom. The Morgan fingerprint density at radius 1 is 1.45 bits per heavy atom. The third-order valence-electron chi connectivity index (χ3n) is 3.66. The van der Waals surface area contributed by atoms with Crippen LogP contribution in [0.2, 0.25) is 0 Å². The van der Waals surface area contributed by atoms with E-state index in [-0.39, 0.29) is 36.8 Å². The van der Waals surface area contributed by atoms with Crippen LogP contribution in [0.1, 0.15) is 37.8 Å². The van der Waals surface area contributed by atoms with Crippen LogP contribution < -0.4 is 5.32 Å². The van der Waals surface area contributed by atoms with Gasteiger partial charge in [0.1, 0.15) is 5.82 Å². The number of benzene rings is 1. The highest BCUT2D eigenvalue weighted by Crippen LogP contribution is 2.31. The summed E-state index contributed by atoms with van der Waals surface area (Å²) in [6.45, 7) is 2.95. The van der Waals surface area contributed by atoms with Crippen LogP contribution in [0.15, 0.2) is 24.3 Å². The Hall–Kier alpha value is -2.11. The zero-order valence-electron chi connectivity index (χ0n) is 12.7. The molecule has 0 bridgehead atoms. The number of esters is 1. The molecule has 0 unspecified atom stereocenters. The van der Waals surface area contributed by atoms with Crippen LogP contribution in [-0.4, -0.2) is 36.6 Å². The third kappa shape index (κ3) is 4.19. The fourth-order valence-electron chi connectivity index (χ4n) is 2.68. The summed E-state index contributed by atoms with van der Waals surface area (Å²) in [4.78, 5) is 25.2. The van der Waals surface area contributed by atoms with Gasteiger partial charge in [0, 0.05) is 13.1 Å². The molecule has 1 N–H and O–H groups in total. The van der Waals surface area contributed by atoms with Crippen molar-refractivity contribution in [2.45, 2.75) is 32.2 Å². The summed E-state index contributed by atoms with van der Waals surface area (Å²) in [5.41, 5.74) is 0.804. The van der Waals surface area contributed by atoms with Crippen molar-refractivity contribution in [2.24, 2.45) is 0 Å². The Kier molecular flexibility index (Phi) is 5.75. The van der Waals surface area contributed by atoms with Crippen molar-refractivity contribution < 1.29 is 18.7 Å². The monoisotopic (exact) mass is 308 g/mol. The van der Waals surface area contributed by atoms with Gasteiger partial charge in [0.25, 0.3) is 0 Å². The van der Waals surface area contributed by atoms with E-state index in [2.05, 4.69) is 5.32 Å². The Bertz CT molecular complexity index is 536. The first-order valence-electron chi connectivity index (χ1n) is 7.57. The van der Waals surface area contributed by atoms with Crippen LogP contribution in [-0.2, 0) is 9.53 Å². The maximum atomic E-state index is 13.3. The second kappa shape index (κ2) is 7.77. The molecule has 22 heavy (non-hydrogen) atoms. The van der Waals surface area contributed by atoms with Gasteiger partial charge in [0.15, 0.2) is 0 Å². The van der Waals surface area contributed by atoms with Gasteiger partial charge in [0.2, 0.25) is 0 Å². The first kappa shape index (κ1) is 16.3. The van der Waals surface area contributed by atoms with E-state index in [1.807, 2.05) is 6.07 Å². The predicted octanol–water partition coefficient (Wildman–Crippen LogP) is 2.63. The zero-order chi connectivity index (χ0) is 15.9. The van der Waals surface area contributed by atoms with Gasteiger partial charge in [-0.3, -0.25) is 4.79 Å². The average molecular weight is 308 g/mol. The van der Waals surface area contributed by atoms with E-state index in [1.54, 1.807) is 17.9 Å². The molecule has 1 fully saturated rings. The second-order valence-corrected chi connectivity index (χ2v) is 5.19. The third-order valence-corrected chi connectivity index (χ3v) is 3.66. The zero-order valence-corrected chi connectivity index (χ0v) is 12.7. The number of halogens is 1. The van der Waals surface area contributed by atoms with E-state index >= 15 is 0 Å². The van der Waals surface area contributed by atoms with Crippen LogP contribution in [0.5, 0.6) is 0 Å². The normalized spacial score (nSPS) is 17.4. The molecule has 0 aliphatic carbocycles. The van der Waals surface area contributed by atoms with Crippen molar-refractivity contribution in [2.75, 3.05) is 19.7 Å². The number of ether oxygens (including phenoxy) is 1. The van der Waals surface area contributed by atoms with Gasteiger partial charge in [-0.15, -0.1) is 0 Å². The van der Waals surface area contributed by atoms with Crippen molar-refractivity contribution in [1.82, 2.24) is 10.2 Å². The maximum Gasteiger partial charge on any atom is 0.317 e. The molecule has 1 aromatic rings. The minimum Gasteiger partial charge on any atom is -0.466 e. The summed E-state index contributed by atoms with van der Waals surface area (Å²) in [7, 11) is 0. The van der Waals surface area contributed by atoms with E-state index < -0.39 is 0 Å². The molecule has 1 atom stereocenters. The van der Waals surface area contributed by atoms with E-state index in [9.17, 15) is 14.0 Å². The summed E-state index contributed by atoms with van der Waals surface area (Å²) >= 11 is 0. The van der Waals surface area contributed by atoms with Crippen LogP contribution in [0.4, 0.5) is 9.18 Å². The van der Waals surface area contributed by atoms with Crippen LogP contribution in [0.25, 0.3) is 0 Å². The highest BCUT2D eigenvalue weighted by molar-refractivity contribution is 5.76. The number of nitrogens with one attached hydrogen (secondary N) is 1. The van der Waals surface area contributed by atoms with Crippen LogP contribution in [0, 0.1) is 5.82 Å². The highest BCUT2D eigenvalue weighted by Gasteiger charge is 2.29. The fourth-order valence-corrected chi connectivity index (χ4v) is 2.68. The summed E-state index contributed by atoms with van der Waals surface area (Å²) in [5.74, 6) is -0.627. The lowest BCUT2D eigenvalue weighted by Gasteiger charge is -2.25. The first-order valence-corrected chi connectivity index (χ1v) is 7.57. The number of urea groups is 1. The summed E-state index contributed by atoms with van der Waals surface area (Å²) in [6.07, 6.45) is 1.85. The molecule has 6 heteroatoms. The maximum absolute atomic E-state index is 13.3. The number of hydrogen-bond acceptors (Lipinski definition) is 3. The molecule has 120 valence electrons. The lowest BCUT2D eigenvalue weighted by molar-refractivity contribution is -0.142. The number of carbonyl (C=O) groups excluding carboxylic acids is 2. The fraction of sp³-hybridized carbons (Fsp3) is 0.500. The highest BCUT2D eigenvalue weighted by atomic mass is 19.1. The molecular weight excluding hydrogens is 287 g/mol. The number of amides is 2. The van der Waals surface area contributed by atoms with Crippen molar-refractivity contribution >= 4 is 12.0 Å². The van der Waals surface area contributed by atoms with Gasteiger partial charge in [-0.2, -0.15) is 0 Å². The molecule has 1 heterocycles. The molecule has 1 aromatic carbocycles. The Morgan fingerprint density at radius 3 is 3.00 bits per heavy atom. The lowest BCUT2D eigenvalue weighted by atomic mass is 10.0. The molecule has 0 radical (unpaired) electrons. The molecule has 0 aromatic heterocycles. The molecule has 1 aliphatic rings. The standard InChI is InChI=1S/C16H21FN2O3/c1-2-22-15(20)8-9-18-16(21)19-10-4-7-14(19)12-5-3-6-13(17)11-12/h3,5-6,11,14H,2,4,7-10H2,1H3,(H,18,21)/t14-/m1/s1. The molecule has 5 nitrogen and oxygen atoms in total. The number of carbonyl (C=O) groups is 2. The minimum atomic E-state index is -0.328. The number of nitrogens with zero attached hydrogens (tertiary/aromatic N) is 1. The van der Waals surface area contributed by atoms with Crippen LogP contribution in [0.3, 0.4) is 0 Å². The minimum absolute atomic E-state index is 0.113. The predicted molar refractivity (Wildman–Crippen MR) is 79.7 cm³/mol. The summed E-state index contributed by atoms with van der Waals surface area (Å²) in [5, 5.41) is 2.72. The summed E-state index contributed by atoms with van der Waals surface area (Å²) < 4.78 is 18.1. The van der Waals surface area contributed by atoms with E-state index in [0.717, 1.165) is 18.4 Å². The van der Waals surface area contributed by atoms with Gasteiger partial charge < -0.3 is 15.0 Å². The molecular formula is C16H21FN2O3. The van der Waals surface area contributed by atoms with Crippen molar-refractivity contribution in [3.63, 3.8) is 0 Å². The molecule has 0 saturated carbocycles. The van der Waals surface area contributed by atoms with Gasteiger partial charge in [-0.1, -0.05) is 12.1 Å². The quantitative estimate of drug-likeness (QED) is 0.851. The van der Waals surface area contributed by atoms with Crippen LogP contribution >= 0.6 is 0 Å². The van der Waals surface area contributed by atoms with Gasteiger partial charge in [-0.25, -0.2) is 9.18 Å². The summed E-state index contributed by atoms with van der Waals surface area (Å²) in [6, 6.07) is 6.00. The topological polar surface area (TPSA) is 58.6 Å². The number of hydrogen-bond donors (Lipinski definition) is 1. The molecule has 2 rings (SSSR count). The number of rotatable bonds is 5. The van der Waals surface area contributed by atoms with Crippen molar-refractivity contribution in [3.05, 3.63) is 35.6 Å². The van der Waals surface area contributed by atoms with Gasteiger partial charge in [-0.05, 0) is 37.5 Å². The smallest absolute Gasteiger partial charge is 0.317 e. The lowest BCUT2D eigenvalue weighted by Crippen LogP contribution is -2.40. The van der Waals surface area contributed by atoms with Gasteiger partial charge >= 0.3 is 12.0 Å². The molecule has 1 saturated heterocycles. The van der Waals surface area contributed by atoms with E-state index in [4.69, 9.17) is 4.74 Å². The van der Waals surface area contributed by atoms with Crippen molar-refractivity contribution in [1.29, 1.82) is 0 Å². The van der Waals surface area contributed by atoms with E-state index in [1.165, 1.54) is 12.1 Å². The second-order valence-electron chi connectivity index (χ2n) is 5.19. The number of likely N-dealkylation sites (tertiary alicyclic amines) is 1.